The first-order valence-corrected chi connectivity index (χ1v) is 6.54. The lowest BCUT2D eigenvalue weighted by Gasteiger charge is -1.95. The van der Waals surface area contributed by atoms with E-state index < -0.39 is 0 Å². The van der Waals surface area contributed by atoms with Crippen LogP contribution in [0, 0.1) is 0 Å². The second-order valence-electron chi connectivity index (χ2n) is 3.51. The van der Waals surface area contributed by atoms with Gasteiger partial charge in [0.25, 0.3) is 0 Å². The van der Waals surface area contributed by atoms with Crippen molar-refractivity contribution in [1.82, 2.24) is 4.98 Å². The molecule has 0 saturated carbocycles. The number of aromatic nitrogens is 1. The van der Waals surface area contributed by atoms with Gasteiger partial charge < -0.3 is 0 Å². The fourth-order valence-corrected chi connectivity index (χ4v) is 1.94. The van der Waals surface area contributed by atoms with Crippen LogP contribution >= 0.6 is 11.8 Å². The van der Waals surface area contributed by atoms with Crippen molar-refractivity contribution in [1.29, 1.82) is 0 Å². The number of thioether (sulfide) groups is 1. The van der Waals surface area contributed by atoms with E-state index in [4.69, 9.17) is 0 Å². The molecule has 2 heteroatoms. The number of hydrogen-bond donors (Lipinski definition) is 0. The third-order valence-electron chi connectivity index (χ3n) is 2.15. The van der Waals surface area contributed by atoms with E-state index in [2.05, 4.69) is 23.4 Å². The SMILES string of the molecule is CCCCCCC=CSc1ccccn1. The van der Waals surface area contributed by atoms with E-state index in [0.717, 1.165) is 5.03 Å². The van der Waals surface area contributed by atoms with Crippen molar-refractivity contribution in [3.63, 3.8) is 0 Å². The zero-order valence-electron chi connectivity index (χ0n) is 9.36. The number of rotatable bonds is 7. The molecule has 1 heterocycles. The van der Waals surface area contributed by atoms with E-state index in [0.29, 0.717) is 0 Å². The van der Waals surface area contributed by atoms with Gasteiger partial charge in [0.2, 0.25) is 0 Å². The molecule has 0 unspecified atom stereocenters. The van der Waals surface area contributed by atoms with Gasteiger partial charge in [0.15, 0.2) is 0 Å². The highest BCUT2D eigenvalue weighted by molar-refractivity contribution is 8.02. The molecule has 0 saturated heterocycles. The van der Waals surface area contributed by atoms with E-state index in [1.54, 1.807) is 11.8 Å². The molecule has 0 atom stereocenters. The maximum atomic E-state index is 4.24. The van der Waals surface area contributed by atoms with Crippen LogP contribution < -0.4 is 0 Å². The van der Waals surface area contributed by atoms with Crippen LogP contribution in [0.2, 0.25) is 0 Å². The van der Waals surface area contributed by atoms with Gasteiger partial charge in [0, 0.05) is 6.20 Å². The summed E-state index contributed by atoms with van der Waals surface area (Å²) in [5.41, 5.74) is 0. The van der Waals surface area contributed by atoms with Crippen LogP contribution in [0.1, 0.15) is 39.0 Å². The smallest absolute Gasteiger partial charge is 0.100 e. The summed E-state index contributed by atoms with van der Waals surface area (Å²) in [4.78, 5) is 4.24. The predicted octanol–water partition coefficient (Wildman–Crippen LogP) is 4.66. The average molecular weight is 221 g/mol. The summed E-state index contributed by atoms with van der Waals surface area (Å²) in [5, 5.41) is 3.22. The molecule has 0 aromatic carbocycles. The molecular weight excluding hydrogens is 202 g/mol. The highest BCUT2D eigenvalue weighted by Crippen LogP contribution is 2.15. The molecule has 15 heavy (non-hydrogen) atoms. The maximum absolute atomic E-state index is 4.24. The number of nitrogens with zero attached hydrogens (tertiary/aromatic N) is 1. The largest absolute Gasteiger partial charge is 0.250 e. The molecule has 0 amide bonds. The number of unbranched alkanes of at least 4 members (excludes halogenated alkanes) is 4. The highest BCUT2D eigenvalue weighted by Gasteiger charge is 1.88. The van der Waals surface area contributed by atoms with Crippen molar-refractivity contribution in [2.45, 2.75) is 44.1 Å². The van der Waals surface area contributed by atoms with Gasteiger partial charge in [-0.05, 0) is 30.4 Å². The Labute approximate surface area is 97.0 Å². The highest BCUT2D eigenvalue weighted by atomic mass is 32.2. The molecule has 1 rings (SSSR count). The Morgan fingerprint density at radius 1 is 1.27 bits per heavy atom. The lowest BCUT2D eigenvalue weighted by atomic mass is 10.2. The fraction of sp³-hybridized carbons (Fsp3) is 0.462. The standard InChI is InChI=1S/C13H19NS/c1-2-3-4-5-6-9-12-15-13-10-7-8-11-14-13/h7-12H,2-6H2,1H3. The molecule has 0 fully saturated rings. The number of pyridine rings is 1. The second kappa shape index (κ2) is 8.54. The normalized spacial score (nSPS) is 11.0. The molecule has 82 valence electrons. The van der Waals surface area contributed by atoms with Crippen molar-refractivity contribution in [2.24, 2.45) is 0 Å². The molecule has 0 bridgehead atoms. The van der Waals surface area contributed by atoms with E-state index in [1.807, 2.05) is 24.4 Å². The van der Waals surface area contributed by atoms with Crippen LogP contribution in [0.4, 0.5) is 0 Å². The number of hydrogen-bond acceptors (Lipinski definition) is 2. The Kier molecular flexibility index (Phi) is 7.01. The minimum atomic E-state index is 1.07. The van der Waals surface area contributed by atoms with Crippen LogP contribution in [-0.4, -0.2) is 4.98 Å². The Balaban J connectivity index is 2.07. The molecule has 0 aliphatic rings. The molecule has 1 nitrogen and oxygen atoms in total. The van der Waals surface area contributed by atoms with Crippen molar-refractivity contribution >= 4 is 11.8 Å². The van der Waals surface area contributed by atoms with Crippen LogP contribution in [0.15, 0.2) is 40.9 Å². The van der Waals surface area contributed by atoms with Gasteiger partial charge in [0.1, 0.15) is 5.03 Å². The third kappa shape index (κ3) is 6.34. The number of allylic oxidation sites excluding steroid dienone is 1. The zero-order valence-corrected chi connectivity index (χ0v) is 10.2. The topological polar surface area (TPSA) is 12.9 Å². The summed E-state index contributed by atoms with van der Waals surface area (Å²) in [6.45, 7) is 2.24. The Hall–Kier alpha value is -0.760. The summed E-state index contributed by atoms with van der Waals surface area (Å²) in [6.07, 6.45) is 10.6. The van der Waals surface area contributed by atoms with Crippen molar-refractivity contribution in [2.75, 3.05) is 0 Å². The Bertz CT molecular complexity index is 269. The molecule has 0 spiro atoms. The first kappa shape index (κ1) is 12.3. The van der Waals surface area contributed by atoms with Crippen molar-refractivity contribution in [3.8, 4) is 0 Å². The molecule has 0 aliphatic heterocycles. The minimum absolute atomic E-state index is 1.07. The van der Waals surface area contributed by atoms with Crippen LogP contribution in [0.25, 0.3) is 0 Å². The molecule has 1 aromatic rings. The molecule has 1 aromatic heterocycles. The van der Waals surface area contributed by atoms with Gasteiger partial charge in [-0.1, -0.05) is 50.1 Å². The first-order valence-electron chi connectivity index (χ1n) is 5.66. The van der Waals surface area contributed by atoms with E-state index >= 15 is 0 Å². The third-order valence-corrected chi connectivity index (χ3v) is 2.96. The van der Waals surface area contributed by atoms with Gasteiger partial charge >= 0.3 is 0 Å². The summed E-state index contributed by atoms with van der Waals surface area (Å²) in [7, 11) is 0. The Morgan fingerprint density at radius 3 is 2.93 bits per heavy atom. The van der Waals surface area contributed by atoms with Gasteiger partial charge in [-0.25, -0.2) is 4.98 Å². The van der Waals surface area contributed by atoms with Crippen molar-refractivity contribution in [3.05, 3.63) is 35.9 Å². The van der Waals surface area contributed by atoms with Crippen molar-refractivity contribution < 1.29 is 0 Å². The lowest BCUT2D eigenvalue weighted by Crippen LogP contribution is -1.74. The maximum Gasteiger partial charge on any atom is 0.100 e. The summed E-state index contributed by atoms with van der Waals surface area (Å²) in [6, 6.07) is 6.00. The summed E-state index contributed by atoms with van der Waals surface area (Å²) >= 11 is 1.69. The quantitative estimate of drug-likeness (QED) is 0.490. The zero-order chi connectivity index (χ0) is 10.8. The van der Waals surface area contributed by atoms with E-state index in [-0.39, 0.29) is 0 Å². The van der Waals surface area contributed by atoms with Crippen LogP contribution in [0.3, 0.4) is 0 Å². The predicted molar refractivity (Wildman–Crippen MR) is 68.0 cm³/mol. The molecular formula is C13H19NS. The minimum Gasteiger partial charge on any atom is -0.250 e. The Morgan fingerprint density at radius 2 is 2.20 bits per heavy atom. The average Bonchev–Trinajstić information content (AvgIpc) is 2.29. The van der Waals surface area contributed by atoms with Gasteiger partial charge in [-0.3, -0.25) is 0 Å². The first-order chi connectivity index (χ1) is 7.43. The molecule has 0 N–H and O–H groups in total. The van der Waals surface area contributed by atoms with Crippen LogP contribution in [0.5, 0.6) is 0 Å². The van der Waals surface area contributed by atoms with E-state index in [1.165, 1.54) is 32.1 Å². The monoisotopic (exact) mass is 221 g/mol. The lowest BCUT2D eigenvalue weighted by molar-refractivity contribution is 0.675. The summed E-state index contributed by atoms with van der Waals surface area (Å²) < 4.78 is 0. The van der Waals surface area contributed by atoms with Gasteiger partial charge in [-0.15, -0.1) is 0 Å². The summed E-state index contributed by atoms with van der Waals surface area (Å²) in [5.74, 6) is 0. The fourth-order valence-electron chi connectivity index (χ4n) is 1.29. The van der Waals surface area contributed by atoms with E-state index in [9.17, 15) is 0 Å². The van der Waals surface area contributed by atoms with Gasteiger partial charge in [0.05, 0.1) is 0 Å². The molecule has 0 radical (unpaired) electrons. The molecule has 0 aliphatic carbocycles. The second-order valence-corrected chi connectivity index (χ2v) is 4.43. The van der Waals surface area contributed by atoms with Gasteiger partial charge in [-0.2, -0.15) is 0 Å². The van der Waals surface area contributed by atoms with Crippen LogP contribution in [-0.2, 0) is 0 Å².